The van der Waals surface area contributed by atoms with Crippen LogP contribution >= 0.6 is 0 Å². The topological polar surface area (TPSA) is 91.1 Å². The summed E-state index contributed by atoms with van der Waals surface area (Å²) in [6.45, 7) is 4.33. The SMILES string of the molecule is Cc1ccc(CN2CC[C@H]3[C@H]2CCN3S(C)(=O)=O)o1.O=C(O)C(F)(F)F. The van der Waals surface area contributed by atoms with Gasteiger partial charge in [-0.2, -0.15) is 17.5 Å². The Labute approximate surface area is 149 Å². The third kappa shape index (κ3) is 4.98. The van der Waals surface area contributed by atoms with Gasteiger partial charge in [0.25, 0.3) is 0 Å². The molecule has 2 atom stereocenters. The number of carbonyl (C=O) groups is 1. The fourth-order valence-electron chi connectivity index (χ4n) is 3.41. The van der Waals surface area contributed by atoms with E-state index in [9.17, 15) is 21.6 Å². The molecule has 2 aliphatic heterocycles. The first-order valence-electron chi connectivity index (χ1n) is 7.96. The highest BCUT2D eigenvalue weighted by Gasteiger charge is 2.45. The lowest BCUT2D eigenvalue weighted by atomic mass is 10.1. The van der Waals surface area contributed by atoms with Gasteiger partial charge < -0.3 is 9.52 Å². The van der Waals surface area contributed by atoms with Gasteiger partial charge in [0.2, 0.25) is 10.0 Å². The van der Waals surface area contributed by atoms with Crippen molar-refractivity contribution in [3.63, 3.8) is 0 Å². The predicted octanol–water partition coefficient (Wildman–Crippen LogP) is 1.83. The van der Waals surface area contributed by atoms with E-state index in [0.29, 0.717) is 12.6 Å². The Hall–Kier alpha value is -1.59. The standard InChI is InChI=1S/C13H20N2O3S.C2HF3O2/c1-10-3-4-11(18-10)9-14-7-5-13-12(14)6-8-15(13)19(2,16)17;3-2(4,5)1(6)7/h3-4,12-13H,5-9H2,1-2H3;(H,6,7)/t12-,13+;/m1./s1. The number of carboxylic acid groups (broad SMARTS) is 1. The summed E-state index contributed by atoms with van der Waals surface area (Å²) in [4.78, 5) is 11.3. The summed E-state index contributed by atoms with van der Waals surface area (Å²) in [6, 6.07) is 4.48. The molecule has 7 nitrogen and oxygen atoms in total. The van der Waals surface area contributed by atoms with E-state index < -0.39 is 22.2 Å². The minimum absolute atomic E-state index is 0.158. The first-order chi connectivity index (χ1) is 11.9. The highest BCUT2D eigenvalue weighted by atomic mass is 32.2. The molecule has 11 heteroatoms. The van der Waals surface area contributed by atoms with Crippen molar-refractivity contribution in [3.05, 3.63) is 23.7 Å². The number of hydrogen-bond acceptors (Lipinski definition) is 5. The maximum atomic E-state index is 11.7. The fraction of sp³-hybridized carbons (Fsp3) is 0.667. The normalized spacial score (nSPS) is 24.2. The van der Waals surface area contributed by atoms with Crippen LogP contribution in [0.25, 0.3) is 0 Å². The molecule has 3 rings (SSSR count). The van der Waals surface area contributed by atoms with Gasteiger partial charge in [-0.3, -0.25) is 4.90 Å². The first kappa shape index (κ1) is 20.7. The van der Waals surface area contributed by atoms with Crippen molar-refractivity contribution >= 4 is 16.0 Å². The zero-order chi connectivity index (χ0) is 19.7. The van der Waals surface area contributed by atoms with Crippen LogP contribution in [0, 0.1) is 6.92 Å². The van der Waals surface area contributed by atoms with Crippen LogP contribution in [0.2, 0.25) is 0 Å². The number of likely N-dealkylation sites (tertiary alicyclic amines) is 1. The molecule has 0 radical (unpaired) electrons. The number of fused-ring (bicyclic) bond motifs is 1. The largest absolute Gasteiger partial charge is 0.490 e. The van der Waals surface area contributed by atoms with Crippen molar-refractivity contribution in [2.24, 2.45) is 0 Å². The molecule has 1 aromatic heterocycles. The third-order valence-electron chi connectivity index (χ3n) is 4.46. The van der Waals surface area contributed by atoms with Gasteiger partial charge in [-0.1, -0.05) is 0 Å². The van der Waals surface area contributed by atoms with Crippen molar-refractivity contribution < 1.29 is 35.9 Å². The molecule has 2 fully saturated rings. The van der Waals surface area contributed by atoms with Crippen molar-refractivity contribution in [1.82, 2.24) is 9.21 Å². The van der Waals surface area contributed by atoms with Crippen LogP contribution in [0.1, 0.15) is 24.4 Å². The van der Waals surface area contributed by atoms with Gasteiger partial charge in [0.15, 0.2) is 0 Å². The monoisotopic (exact) mass is 398 g/mol. The van der Waals surface area contributed by atoms with Crippen molar-refractivity contribution in [3.8, 4) is 0 Å². The maximum absolute atomic E-state index is 11.7. The smallest absolute Gasteiger partial charge is 0.475 e. The maximum Gasteiger partial charge on any atom is 0.490 e. The molecule has 0 spiro atoms. The molecular weight excluding hydrogens is 377 g/mol. The van der Waals surface area contributed by atoms with Crippen LogP contribution in [-0.4, -0.2) is 66.3 Å². The van der Waals surface area contributed by atoms with Gasteiger partial charge in [0.1, 0.15) is 11.5 Å². The van der Waals surface area contributed by atoms with E-state index in [0.717, 1.165) is 37.5 Å². The van der Waals surface area contributed by atoms with E-state index >= 15 is 0 Å². The molecule has 0 aliphatic carbocycles. The van der Waals surface area contributed by atoms with E-state index in [2.05, 4.69) is 4.90 Å². The van der Waals surface area contributed by atoms with Gasteiger partial charge in [-0.15, -0.1) is 0 Å². The number of nitrogens with zero attached hydrogens (tertiary/aromatic N) is 2. The van der Waals surface area contributed by atoms with Crippen LogP contribution in [-0.2, 0) is 21.4 Å². The van der Waals surface area contributed by atoms with E-state index in [1.165, 1.54) is 6.26 Å². The number of sulfonamides is 1. The summed E-state index contributed by atoms with van der Waals surface area (Å²) in [5.74, 6) is -0.863. The summed E-state index contributed by atoms with van der Waals surface area (Å²) < 4.78 is 62.5. The number of alkyl halides is 3. The lowest BCUT2D eigenvalue weighted by Gasteiger charge is -2.23. The highest BCUT2D eigenvalue weighted by molar-refractivity contribution is 7.88. The number of furan rings is 1. The fourth-order valence-corrected chi connectivity index (χ4v) is 4.59. The lowest BCUT2D eigenvalue weighted by molar-refractivity contribution is -0.192. The van der Waals surface area contributed by atoms with E-state index in [-0.39, 0.29) is 6.04 Å². The average Bonchev–Trinajstić information content (AvgIpc) is 3.15. The number of carboxylic acids is 1. The van der Waals surface area contributed by atoms with E-state index in [1.807, 2.05) is 19.1 Å². The summed E-state index contributed by atoms with van der Waals surface area (Å²) in [6.07, 6.45) is -1.91. The second-order valence-corrected chi connectivity index (χ2v) is 8.31. The van der Waals surface area contributed by atoms with Gasteiger partial charge in [-0.25, -0.2) is 13.2 Å². The van der Waals surface area contributed by atoms with Crippen molar-refractivity contribution in [1.29, 1.82) is 0 Å². The van der Waals surface area contributed by atoms with Gasteiger partial charge in [0, 0.05) is 25.2 Å². The molecule has 1 aromatic rings. The highest BCUT2D eigenvalue weighted by Crippen LogP contribution is 2.34. The minimum Gasteiger partial charge on any atom is -0.475 e. The van der Waals surface area contributed by atoms with Crippen LogP contribution in [0.4, 0.5) is 13.2 Å². The summed E-state index contributed by atoms with van der Waals surface area (Å²) in [7, 11) is -3.07. The van der Waals surface area contributed by atoms with E-state index in [4.69, 9.17) is 14.3 Å². The Kier molecular flexibility index (Phi) is 6.03. The summed E-state index contributed by atoms with van der Waals surface area (Å²) in [5.41, 5.74) is 0. The molecule has 0 unspecified atom stereocenters. The predicted molar refractivity (Wildman–Crippen MR) is 85.9 cm³/mol. The third-order valence-corrected chi connectivity index (χ3v) is 5.77. The molecule has 2 saturated heterocycles. The number of aryl methyl sites for hydroxylation is 1. The van der Waals surface area contributed by atoms with Crippen LogP contribution in [0.5, 0.6) is 0 Å². The molecule has 1 N–H and O–H groups in total. The second-order valence-electron chi connectivity index (χ2n) is 6.37. The Morgan fingerprint density at radius 3 is 2.31 bits per heavy atom. The zero-order valence-electron chi connectivity index (χ0n) is 14.4. The Morgan fingerprint density at radius 1 is 1.27 bits per heavy atom. The zero-order valence-corrected chi connectivity index (χ0v) is 15.2. The van der Waals surface area contributed by atoms with Crippen molar-refractivity contribution in [2.75, 3.05) is 19.3 Å². The van der Waals surface area contributed by atoms with Crippen molar-refractivity contribution in [2.45, 2.75) is 44.6 Å². The Bertz CT molecular complexity index is 747. The molecule has 2 aliphatic rings. The van der Waals surface area contributed by atoms with Crippen LogP contribution in [0.3, 0.4) is 0 Å². The lowest BCUT2D eigenvalue weighted by Crippen LogP contribution is -2.38. The molecule has 148 valence electrons. The van der Waals surface area contributed by atoms with Gasteiger partial charge in [0.05, 0.1) is 12.8 Å². The molecule has 0 aromatic carbocycles. The number of aliphatic carboxylic acids is 1. The second kappa shape index (κ2) is 7.57. The van der Waals surface area contributed by atoms with Crippen LogP contribution < -0.4 is 0 Å². The summed E-state index contributed by atoms with van der Waals surface area (Å²) in [5, 5.41) is 7.12. The molecule has 0 bridgehead atoms. The molecule has 26 heavy (non-hydrogen) atoms. The Morgan fingerprint density at radius 2 is 1.85 bits per heavy atom. The molecule has 0 amide bonds. The number of rotatable bonds is 3. The number of halogens is 3. The molecular formula is C15H21F3N2O5S. The minimum atomic E-state index is -5.08. The molecule has 3 heterocycles. The summed E-state index contributed by atoms with van der Waals surface area (Å²) >= 11 is 0. The Balaban J connectivity index is 0.000000298. The van der Waals surface area contributed by atoms with Crippen LogP contribution in [0.15, 0.2) is 16.5 Å². The van der Waals surface area contributed by atoms with Gasteiger partial charge in [-0.05, 0) is 31.9 Å². The van der Waals surface area contributed by atoms with E-state index in [1.54, 1.807) is 4.31 Å². The number of hydrogen-bond donors (Lipinski definition) is 1. The average molecular weight is 398 g/mol. The quantitative estimate of drug-likeness (QED) is 0.835. The molecule has 0 saturated carbocycles. The van der Waals surface area contributed by atoms with Gasteiger partial charge >= 0.3 is 12.1 Å². The first-order valence-corrected chi connectivity index (χ1v) is 9.80.